The Hall–Kier alpha value is -1.32. The molecule has 2 aliphatic rings. The summed E-state index contributed by atoms with van der Waals surface area (Å²) in [6.45, 7) is 3.49. The Morgan fingerprint density at radius 2 is 2.00 bits per heavy atom. The van der Waals surface area contributed by atoms with Crippen LogP contribution in [0.3, 0.4) is 0 Å². The zero-order valence-corrected chi connectivity index (χ0v) is 13.1. The van der Waals surface area contributed by atoms with Gasteiger partial charge in [0.15, 0.2) is 0 Å². The van der Waals surface area contributed by atoms with E-state index >= 15 is 0 Å². The molecule has 2 aliphatic heterocycles. The average Bonchev–Trinajstić information content (AvgIpc) is 2.52. The topological polar surface area (TPSA) is 19.4 Å². The molecule has 0 amide bonds. The standard InChI is InChI=1S/C17H20ClN3/c1-20-8-6-13(7-9-20)21-10-5-12-11-19-17(18)14-3-2-4-15(21)16(12)14/h2-4,11,13H,5-10H2,1H3. The van der Waals surface area contributed by atoms with Gasteiger partial charge in [0.2, 0.25) is 0 Å². The van der Waals surface area contributed by atoms with Crippen LogP contribution in [0.4, 0.5) is 5.69 Å². The maximum atomic E-state index is 6.30. The highest BCUT2D eigenvalue weighted by atomic mass is 35.5. The summed E-state index contributed by atoms with van der Waals surface area (Å²) < 4.78 is 0. The first-order valence-electron chi connectivity index (χ1n) is 7.75. The first-order valence-corrected chi connectivity index (χ1v) is 8.13. The Kier molecular flexibility index (Phi) is 3.27. The van der Waals surface area contributed by atoms with Crippen molar-refractivity contribution in [1.82, 2.24) is 9.88 Å². The molecule has 1 saturated heterocycles. The molecule has 4 heteroatoms. The third-order valence-corrected chi connectivity index (χ3v) is 5.28. The monoisotopic (exact) mass is 301 g/mol. The SMILES string of the molecule is CN1CCC(N2CCc3cnc(Cl)c4cccc2c34)CC1. The lowest BCUT2D eigenvalue weighted by atomic mass is 9.94. The molecule has 2 aromatic rings. The maximum Gasteiger partial charge on any atom is 0.136 e. The number of piperidine rings is 1. The Morgan fingerprint density at radius 3 is 2.81 bits per heavy atom. The molecular formula is C17H20ClN3. The molecular weight excluding hydrogens is 282 g/mol. The van der Waals surface area contributed by atoms with E-state index in [2.05, 4.69) is 40.0 Å². The molecule has 1 aromatic carbocycles. The van der Waals surface area contributed by atoms with Gasteiger partial charge in [0, 0.05) is 35.2 Å². The summed E-state index contributed by atoms with van der Waals surface area (Å²) in [5.41, 5.74) is 2.70. The summed E-state index contributed by atoms with van der Waals surface area (Å²) >= 11 is 6.30. The van der Waals surface area contributed by atoms with E-state index in [0.29, 0.717) is 11.2 Å². The lowest BCUT2D eigenvalue weighted by molar-refractivity contribution is 0.249. The van der Waals surface area contributed by atoms with Gasteiger partial charge in [-0.25, -0.2) is 4.98 Å². The van der Waals surface area contributed by atoms with Crippen LogP contribution >= 0.6 is 11.6 Å². The van der Waals surface area contributed by atoms with Crippen LogP contribution in [0.2, 0.25) is 5.15 Å². The van der Waals surface area contributed by atoms with Gasteiger partial charge < -0.3 is 9.80 Å². The number of rotatable bonds is 1. The highest BCUT2D eigenvalue weighted by Gasteiger charge is 2.28. The van der Waals surface area contributed by atoms with E-state index in [4.69, 9.17) is 11.6 Å². The summed E-state index contributed by atoms with van der Waals surface area (Å²) in [5.74, 6) is 0. The van der Waals surface area contributed by atoms with E-state index in [-0.39, 0.29) is 0 Å². The van der Waals surface area contributed by atoms with Gasteiger partial charge in [-0.1, -0.05) is 23.7 Å². The molecule has 110 valence electrons. The van der Waals surface area contributed by atoms with E-state index in [1.807, 2.05) is 6.20 Å². The fraction of sp³-hybridized carbons (Fsp3) is 0.471. The highest BCUT2D eigenvalue weighted by molar-refractivity contribution is 6.34. The molecule has 0 atom stereocenters. The van der Waals surface area contributed by atoms with Crippen LogP contribution in [-0.2, 0) is 6.42 Å². The van der Waals surface area contributed by atoms with E-state index in [0.717, 1.165) is 18.4 Å². The number of likely N-dealkylation sites (tertiary alicyclic amines) is 1. The summed E-state index contributed by atoms with van der Waals surface area (Å²) in [5, 5.41) is 3.05. The second-order valence-electron chi connectivity index (χ2n) is 6.25. The van der Waals surface area contributed by atoms with Crippen molar-refractivity contribution in [3.63, 3.8) is 0 Å². The van der Waals surface area contributed by atoms with Gasteiger partial charge in [0.25, 0.3) is 0 Å². The smallest absolute Gasteiger partial charge is 0.136 e. The van der Waals surface area contributed by atoms with Crippen molar-refractivity contribution in [3.05, 3.63) is 35.1 Å². The van der Waals surface area contributed by atoms with Crippen LogP contribution in [0.15, 0.2) is 24.4 Å². The van der Waals surface area contributed by atoms with Crippen LogP contribution < -0.4 is 4.90 Å². The highest BCUT2D eigenvalue weighted by Crippen LogP contribution is 2.38. The molecule has 0 saturated carbocycles. The summed E-state index contributed by atoms with van der Waals surface area (Å²) in [6, 6.07) is 7.12. The predicted molar refractivity (Wildman–Crippen MR) is 88.3 cm³/mol. The Labute approximate surface area is 130 Å². The van der Waals surface area contributed by atoms with Gasteiger partial charge in [-0.05, 0) is 51.0 Å². The normalized spacial score (nSPS) is 20.2. The summed E-state index contributed by atoms with van der Waals surface area (Å²) in [7, 11) is 2.22. The molecule has 3 heterocycles. The molecule has 0 N–H and O–H groups in total. The van der Waals surface area contributed by atoms with E-state index in [1.54, 1.807) is 0 Å². The third kappa shape index (κ3) is 2.19. The van der Waals surface area contributed by atoms with Crippen molar-refractivity contribution in [1.29, 1.82) is 0 Å². The van der Waals surface area contributed by atoms with Gasteiger partial charge in [-0.3, -0.25) is 0 Å². The molecule has 1 aromatic heterocycles. The van der Waals surface area contributed by atoms with Crippen molar-refractivity contribution in [2.24, 2.45) is 0 Å². The number of aromatic nitrogens is 1. The van der Waals surface area contributed by atoms with Crippen LogP contribution in [0, 0.1) is 0 Å². The van der Waals surface area contributed by atoms with Crippen LogP contribution in [-0.4, -0.2) is 42.6 Å². The molecule has 0 radical (unpaired) electrons. The second-order valence-corrected chi connectivity index (χ2v) is 6.61. The van der Waals surface area contributed by atoms with Crippen molar-refractivity contribution in [2.75, 3.05) is 31.6 Å². The third-order valence-electron chi connectivity index (χ3n) is 4.98. The molecule has 3 nitrogen and oxygen atoms in total. The van der Waals surface area contributed by atoms with Gasteiger partial charge in [-0.15, -0.1) is 0 Å². The minimum atomic E-state index is 0.626. The minimum Gasteiger partial charge on any atom is -0.368 e. The van der Waals surface area contributed by atoms with Gasteiger partial charge in [0.1, 0.15) is 5.15 Å². The number of hydrogen-bond donors (Lipinski definition) is 0. The van der Waals surface area contributed by atoms with Gasteiger partial charge in [0.05, 0.1) is 0 Å². The van der Waals surface area contributed by atoms with E-state index in [9.17, 15) is 0 Å². The fourth-order valence-electron chi connectivity index (χ4n) is 3.79. The summed E-state index contributed by atoms with van der Waals surface area (Å²) in [6.07, 6.45) is 5.53. The second kappa shape index (κ2) is 5.15. The molecule has 0 spiro atoms. The fourth-order valence-corrected chi connectivity index (χ4v) is 4.00. The quantitative estimate of drug-likeness (QED) is 0.753. The Morgan fingerprint density at radius 1 is 1.19 bits per heavy atom. The lowest BCUT2D eigenvalue weighted by Gasteiger charge is -2.41. The van der Waals surface area contributed by atoms with Crippen molar-refractivity contribution >= 4 is 28.1 Å². The number of halogens is 1. The van der Waals surface area contributed by atoms with Crippen molar-refractivity contribution in [2.45, 2.75) is 25.3 Å². The van der Waals surface area contributed by atoms with Gasteiger partial charge >= 0.3 is 0 Å². The molecule has 4 rings (SSSR count). The zero-order valence-electron chi connectivity index (χ0n) is 12.3. The van der Waals surface area contributed by atoms with Crippen LogP contribution in [0.5, 0.6) is 0 Å². The van der Waals surface area contributed by atoms with E-state index in [1.165, 1.54) is 42.6 Å². The zero-order chi connectivity index (χ0) is 14.4. The first kappa shape index (κ1) is 13.4. The largest absolute Gasteiger partial charge is 0.368 e. The minimum absolute atomic E-state index is 0.626. The molecule has 0 unspecified atom stereocenters. The van der Waals surface area contributed by atoms with E-state index < -0.39 is 0 Å². The summed E-state index contributed by atoms with van der Waals surface area (Å²) in [4.78, 5) is 9.38. The van der Waals surface area contributed by atoms with Gasteiger partial charge in [-0.2, -0.15) is 0 Å². The van der Waals surface area contributed by atoms with Crippen molar-refractivity contribution < 1.29 is 0 Å². The number of nitrogens with zero attached hydrogens (tertiary/aromatic N) is 3. The van der Waals surface area contributed by atoms with Crippen LogP contribution in [0.25, 0.3) is 10.8 Å². The molecule has 0 aliphatic carbocycles. The Balaban J connectivity index is 1.79. The average molecular weight is 302 g/mol. The number of hydrogen-bond acceptors (Lipinski definition) is 3. The maximum absolute atomic E-state index is 6.30. The predicted octanol–water partition coefficient (Wildman–Crippen LogP) is 3.34. The number of anilines is 1. The van der Waals surface area contributed by atoms with Crippen LogP contribution in [0.1, 0.15) is 18.4 Å². The van der Waals surface area contributed by atoms with Crippen molar-refractivity contribution in [3.8, 4) is 0 Å². The number of benzene rings is 1. The lowest BCUT2D eigenvalue weighted by Crippen LogP contribution is -2.45. The Bertz CT molecular complexity index is 677. The molecule has 0 bridgehead atoms. The molecule has 1 fully saturated rings. The molecule has 21 heavy (non-hydrogen) atoms. The first-order chi connectivity index (χ1) is 10.2. The number of pyridine rings is 1.